The number of carbonyl (C=O) groups is 4. The summed E-state index contributed by atoms with van der Waals surface area (Å²) in [7, 11) is 0. The zero-order valence-corrected chi connectivity index (χ0v) is 18.6. The Labute approximate surface area is 188 Å². The second kappa shape index (κ2) is 10.1. The molecule has 0 fully saturated rings. The number of benzene rings is 1. The molecule has 1 unspecified atom stereocenters. The van der Waals surface area contributed by atoms with Crippen molar-refractivity contribution < 1.29 is 28.3 Å². The molecule has 0 saturated carbocycles. The maximum absolute atomic E-state index is 13.2. The van der Waals surface area contributed by atoms with Crippen LogP contribution in [0.15, 0.2) is 53.1 Å². The van der Waals surface area contributed by atoms with Crippen LogP contribution < -0.4 is 10.6 Å². The van der Waals surface area contributed by atoms with Gasteiger partial charge >= 0.3 is 5.97 Å². The number of Topliss-reactive ketones (excluding diaryl/α,β-unsaturated/α-hetero) is 2. The molecule has 2 heterocycles. The predicted molar refractivity (Wildman–Crippen MR) is 119 cm³/mol. The number of ether oxygens (including phenoxy) is 1. The van der Waals surface area contributed by atoms with Gasteiger partial charge in [-0.3, -0.25) is 14.4 Å². The van der Waals surface area contributed by atoms with Gasteiger partial charge in [0, 0.05) is 5.56 Å². The molecule has 3 rings (SSSR count). The summed E-state index contributed by atoms with van der Waals surface area (Å²) in [5.74, 6) is -1.88. The van der Waals surface area contributed by atoms with Crippen LogP contribution in [-0.4, -0.2) is 36.2 Å². The van der Waals surface area contributed by atoms with Gasteiger partial charge in [-0.25, -0.2) is 4.79 Å². The summed E-state index contributed by atoms with van der Waals surface area (Å²) >= 11 is 1.03. The van der Waals surface area contributed by atoms with Gasteiger partial charge in [0.2, 0.25) is 5.78 Å². The highest BCUT2D eigenvalue weighted by Crippen LogP contribution is 2.34. The second-order valence-corrected chi connectivity index (χ2v) is 7.82. The Hall–Kier alpha value is -3.72. The smallest absolute Gasteiger partial charge is 0.341 e. The lowest BCUT2D eigenvalue weighted by Gasteiger charge is -2.20. The number of hydrogen-bond donors (Lipinski definition) is 2. The molecule has 3 aromatic rings. The number of furan rings is 1. The minimum Gasteiger partial charge on any atom is -0.462 e. The Morgan fingerprint density at radius 3 is 2.41 bits per heavy atom. The molecule has 8 nitrogen and oxygen atoms in total. The molecule has 1 atom stereocenters. The average molecular weight is 455 g/mol. The van der Waals surface area contributed by atoms with Crippen LogP contribution in [0.25, 0.3) is 0 Å². The normalized spacial score (nSPS) is 11.5. The Bertz CT molecular complexity index is 1130. The minimum absolute atomic E-state index is 0.0232. The number of nitrogens with one attached hydrogen (secondary N) is 2. The minimum atomic E-state index is -1.24. The van der Waals surface area contributed by atoms with Crippen LogP contribution in [0, 0.1) is 6.92 Å². The number of anilines is 1. The Kier molecular flexibility index (Phi) is 7.21. The lowest BCUT2D eigenvalue weighted by Crippen LogP contribution is -2.46. The maximum atomic E-state index is 13.2. The van der Waals surface area contributed by atoms with E-state index >= 15 is 0 Å². The van der Waals surface area contributed by atoms with Crippen molar-refractivity contribution in [2.75, 3.05) is 11.9 Å². The lowest BCUT2D eigenvalue weighted by atomic mass is 10.1. The Morgan fingerprint density at radius 2 is 1.81 bits per heavy atom. The average Bonchev–Trinajstić information content (AvgIpc) is 3.42. The van der Waals surface area contributed by atoms with E-state index in [4.69, 9.17) is 9.15 Å². The third-order valence-electron chi connectivity index (χ3n) is 4.56. The first-order valence-electron chi connectivity index (χ1n) is 9.85. The second-order valence-electron chi connectivity index (χ2n) is 6.80. The van der Waals surface area contributed by atoms with E-state index in [1.165, 1.54) is 19.3 Å². The van der Waals surface area contributed by atoms with Crippen LogP contribution >= 0.6 is 11.3 Å². The number of thiophene rings is 1. The first-order chi connectivity index (χ1) is 15.3. The van der Waals surface area contributed by atoms with E-state index < -0.39 is 23.8 Å². The highest BCUT2D eigenvalue weighted by atomic mass is 32.1. The number of rotatable bonds is 9. The third kappa shape index (κ3) is 4.94. The van der Waals surface area contributed by atoms with Crippen LogP contribution in [0.2, 0.25) is 0 Å². The van der Waals surface area contributed by atoms with Crippen molar-refractivity contribution in [1.29, 1.82) is 0 Å². The molecule has 0 saturated heterocycles. The molecule has 9 heteroatoms. The molecule has 0 bridgehead atoms. The van der Waals surface area contributed by atoms with Gasteiger partial charge in [0.05, 0.1) is 23.3 Å². The zero-order chi connectivity index (χ0) is 23.3. The lowest BCUT2D eigenvalue weighted by molar-refractivity contribution is 0.0526. The third-order valence-corrected chi connectivity index (χ3v) is 5.89. The molecule has 1 aromatic carbocycles. The van der Waals surface area contributed by atoms with Crippen molar-refractivity contribution in [3.05, 3.63) is 76.1 Å². The van der Waals surface area contributed by atoms with E-state index in [0.717, 1.165) is 11.3 Å². The molecule has 1 amide bonds. The van der Waals surface area contributed by atoms with E-state index in [9.17, 15) is 19.2 Å². The fraction of sp³-hybridized carbons (Fsp3) is 0.217. The van der Waals surface area contributed by atoms with E-state index in [2.05, 4.69) is 10.6 Å². The SMILES string of the molecule is CCOC(=O)c1c(NC(NC(=O)c2ccco2)C(=O)c2ccccc2)sc(C(C)=O)c1C. The van der Waals surface area contributed by atoms with Crippen molar-refractivity contribution in [3.8, 4) is 0 Å². The fourth-order valence-electron chi connectivity index (χ4n) is 3.08. The van der Waals surface area contributed by atoms with Gasteiger partial charge in [0.1, 0.15) is 5.00 Å². The summed E-state index contributed by atoms with van der Waals surface area (Å²) in [6.07, 6.45) is 0.109. The molecular weight excluding hydrogens is 432 g/mol. The molecule has 0 spiro atoms. The number of ketones is 2. The van der Waals surface area contributed by atoms with Gasteiger partial charge in [-0.05, 0) is 38.5 Å². The quantitative estimate of drug-likeness (QED) is 0.284. The highest BCUT2D eigenvalue weighted by molar-refractivity contribution is 7.18. The monoisotopic (exact) mass is 454 g/mol. The molecule has 2 aromatic heterocycles. The standard InChI is InChI=1S/C23H22N2O6S/c1-4-30-23(29)17-13(2)19(14(3)26)32-22(17)25-20(18(27)15-9-6-5-7-10-15)24-21(28)16-11-8-12-31-16/h5-12,20,25H,4H2,1-3H3,(H,24,28). The Morgan fingerprint density at radius 1 is 1.09 bits per heavy atom. The van der Waals surface area contributed by atoms with Crippen molar-refractivity contribution in [1.82, 2.24) is 5.32 Å². The van der Waals surface area contributed by atoms with Gasteiger partial charge in [0.25, 0.3) is 5.91 Å². The van der Waals surface area contributed by atoms with Crippen LogP contribution in [0.1, 0.15) is 60.4 Å². The van der Waals surface area contributed by atoms with Gasteiger partial charge in [0.15, 0.2) is 17.7 Å². The maximum Gasteiger partial charge on any atom is 0.341 e. The van der Waals surface area contributed by atoms with Crippen molar-refractivity contribution >= 4 is 39.8 Å². The van der Waals surface area contributed by atoms with Crippen molar-refractivity contribution in [3.63, 3.8) is 0 Å². The number of amides is 1. The highest BCUT2D eigenvalue weighted by Gasteiger charge is 2.29. The summed E-state index contributed by atoms with van der Waals surface area (Å²) in [5, 5.41) is 5.79. The van der Waals surface area contributed by atoms with E-state index in [0.29, 0.717) is 16.0 Å². The van der Waals surface area contributed by atoms with E-state index in [1.807, 2.05) is 0 Å². The summed E-state index contributed by atoms with van der Waals surface area (Å²) in [5.41, 5.74) is 0.953. The topological polar surface area (TPSA) is 115 Å². The molecule has 0 aliphatic carbocycles. The fourth-order valence-corrected chi connectivity index (χ4v) is 4.20. The summed E-state index contributed by atoms with van der Waals surface area (Å²) < 4.78 is 10.3. The van der Waals surface area contributed by atoms with Crippen LogP contribution in [-0.2, 0) is 4.74 Å². The van der Waals surface area contributed by atoms with Crippen LogP contribution in [0.5, 0.6) is 0 Å². The van der Waals surface area contributed by atoms with Gasteiger partial charge in [-0.15, -0.1) is 11.3 Å². The first-order valence-corrected chi connectivity index (χ1v) is 10.7. The van der Waals surface area contributed by atoms with Crippen LogP contribution in [0.4, 0.5) is 5.00 Å². The summed E-state index contributed by atoms with van der Waals surface area (Å²) in [4.78, 5) is 50.8. The van der Waals surface area contributed by atoms with Gasteiger partial charge in [-0.1, -0.05) is 30.3 Å². The zero-order valence-electron chi connectivity index (χ0n) is 17.8. The number of hydrogen-bond acceptors (Lipinski definition) is 8. The molecule has 32 heavy (non-hydrogen) atoms. The molecule has 0 aliphatic rings. The largest absolute Gasteiger partial charge is 0.462 e. The van der Waals surface area contributed by atoms with Gasteiger partial charge in [-0.2, -0.15) is 0 Å². The molecule has 166 valence electrons. The van der Waals surface area contributed by atoms with E-state index in [-0.39, 0.29) is 28.7 Å². The van der Waals surface area contributed by atoms with Crippen molar-refractivity contribution in [2.45, 2.75) is 26.9 Å². The molecule has 2 N–H and O–H groups in total. The van der Waals surface area contributed by atoms with Gasteiger partial charge < -0.3 is 19.8 Å². The number of esters is 1. The molecular formula is C23H22N2O6S. The van der Waals surface area contributed by atoms with E-state index in [1.54, 1.807) is 50.2 Å². The molecule has 0 radical (unpaired) electrons. The number of carbonyl (C=O) groups excluding carboxylic acids is 4. The summed E-state index contributed by atoms with van der Waals surface area (Å²) in [6, 6.07) is 11.4. The predicted octanol–water partition coefficient (Wildman–Crippen LogP) is 4.08. The molecule has 0 aliphatic heterocycles. The summed E-state index contributed by atoms with van der Waals surface area (Å²) in [6.45, 7) is 4.84. The first kappa shape index (κ1) is 23.0. The van der Waals surface area contributed by atoms with Crippen LogP contribution in [0.3, 0.4) is 0 Å². The Balaban J connectivity index is 2.01. The van der Waals surface area contributed by atoms with Crippen molar-refractivity contribution in [2.24, 2.45) is 0 Å².